The van der Waals surface area contributed by atoms with E-state index in [1.165, 1.54) is 6.42 Å². The van der Waals surface area contributed by atoms with Gasteiger partial charge in [-0.1, -0.05) is 32.9 Å². The van der Waals surface area contributed by atoms with E-state index in [9.17, 15) is 4.79 Å². The van der Waals surface area contributed by atoms with Crippen molar-refractivity contribution in [2.75, 3.05) is 5.32 Å². The second-order valence-corrected chi connectivity index (χ2v) is 8.87. The third-order valence-corrected chi connectivity index (χ3v) is 5.71. The Bertz CT molecular complexity index is 1000. The van der Waals surface area contributed by atoms with Crippen molar-refractivity contribution < 1.29 is 9.90 Å². The van der Waals surface area contributed by atoms with Gasteiger partial charge in [-0.05, 0) is 67.0 Å². The molecule has 1 heterocycles. The van der Waals surface area contributed by atoms with Crippen LogP contribution in [-0.2, 0) is 0 Å². The van der Waals surface area contributed by atoms with Gasteiger partial charge in [0.05, 0.1) is 16.6 Å². The Morgan fingerprint density at radius 3 is 2.54 bits per heavy atom. The summed E-state index contributed by atoms with van der Waals surface area (Å²) in [6.07, 6.45) is 3.50. The van der Waals surface area contributed by atoms with Crippen LogP contribution in [0.3, 0.4) is 0 Å². The molecule has 1 fully saturated rings. The van der Waals surface area contributed by atoms with E-state index in [2.05, 4.69) is 42.8 Å². The van der Waals surface area contributed by atoms with Crippen molar-refractivity contribution in [3.63, 3.8) is 0 Å². The van der Waals surface area contributed by atoms with E-state index in [-0.39, 0.29) is 5.56 Å². The van der Waals surface area contributed by atoms with Gasteiger partial charge in [-0.2, -0.15) is 0 Å². The molecule has 0 unspecified atom stereocenters. The van der Waals surface area contributed by atoms with Crippen molar-refractivity contribution in [2.24, 2.45) is 11.3 Å². The highest BCUT2D eigenvalue weighted by Crippen LogP contribution is 2.45. The van der Waals surface area contributed by atoms with Gasteiger partial charge in [0.2, 0.25) is 5.95 Å². The second kappa shape index (κ2) is 6.97. The minimum atomic E-state index is -0.919. The fourth-order valence-corrected chi connectivity index (χ4v) is 4.82. The normalized spacial score (nSPS) is 21.5. The van der Waals surface area contributed by atoms with E-state index in [1.54, 1.807) is 24.3 Å². The van der Waals surface area contributed by atoms with Crippen LogP contribution < -0.4 is 5.32 Å². The first-order valence-electron chi connectivity index (χ1n) is 9.90. The molecule has 0 spiro atoms. The largest absolute Gasteiger partial charge is 0.478 e. The minimum absolute atomic E-state index is 0.280. The average molecular weight is 377 g/mol. The Hall–Kier alpha value is -2.82. The molecule has 1 aromatic heterocycles. The maximum atomic E-state index is 11.1. The van der Waals surface area contributed by atoms with Crippen LogP contribution in [0.5, 0.6) is 0 Å². The molecule has 5 heteroatoms. The Labute approximate surface area is 165 Å². The second-order valence-electron chi connectivity index (χ2n) is 8.87. The van der Waals surface area contributed by atoms with Gasteiger partial charge in [0, 0.05) is 11.7 Å². The number of aromatic nitrogens is 2. The fourth-order valence-electron chi connectivity index (χ4n) is 4.82. The summed E-state index contributed by atoms with van der Waals surface area (Å²) in [6.45, 7) is 7.05. The zero-order valence-corrected chi connectivity index (χ0v) is 16.6. The van der Waals surface area contributed by atoms with E-state index in [0.717, 1.165) is 35.5 Å². The lowest BCUT2D eigenvalue weighted by molar-refractivity contribution is 0.0697. The Kier molecular flexibility index (Phi) is 4.61. The molecule has 4 rings (SSSR count). The number of carboxylic acid groups (broad SMARTS) is 1. The first-order valence-corrected chi connectivity index (χ1v) is 9.90. The number of carbonyl (C=O) groups is 1. The predicted molar refractivity (Wildman–Crippen MR) is 112 cm³/mol. The Balaban J connectivity index is 1.74. The van der Waals surface area contributed by atoms with Gasteiger partial charge < -0.3 is 15.0 Å². The van der Waals surface area contributed by atoms with E-state index in [0.29, 0.717) is 17.4 Å². The van der Waals surface area contributed by atoms with E-state index in [4.69, 9.17) is 10.1 Å². The van der Waals surface area contributed by atoms with Gasteiger partial charge in [0.25, 0.3) is 0 Å². The SMILES string of the molecule is C[C@@H]1C[C@H](n2c(Nc3ccc(C(=O)O)cc3)nc3ccccc32)CC(C)(C)C1. The molecule has 2 aromatic carbocycles. The predicted octanol–water partition coefficient (Wildman–Crippen LogP) is 5.87. The summed E-state index contributed by atoms with van der Waals surface area (Å²) in [4.78, 5) is 16.0. The number of imidazole rings is 1. The van der Waals surface area contributed by atoms with Crippen molar-refractivity contribution >= 4 is 28.6 Å². The van der Waals surface area contributed by atoms with Crippen LogP contribution in [0.4, 0.5) is 11.6 Å². The highest BCUT2D eigenvalue weighted by atomic mass is 16.4. The topological polar surface area (TPSA) is 67.2 Å². The van der Waals surface area contributed by atoms with Gasteiger partial charge in [-0.3, -0.25) is 0 Å². The summed E-state index contributed by atoms with van der Waals surface area (Å²) in [5.74, 6) is 0.564. The molecule has 2 atom stereocenters. The third-order valence-electron chi connectivity index (χ3n) is 5.71. The molecule has 0 amide bonds. The monoisotopic (exact) mass is 377 g/mol. The highest BCUT2D eigenvalue weighted by Gasteiger charge is 2.34. The zero-order valence-electron chi connectivity index (χ0n) is 16.6. The van der Waals surface area contributed by atoms with Crippen LogP contribution >= 0.6 is 0 Å². The standard InChI is InChI=1S/C23H27N3O2/c1-15-12-18(14-23(2,3)13-15)26-20-7-5-4-6-19(20)25-22(26)24-17-10-8-16(9-11-17)21(27)28/h4-11,15,18H,12-14H2,1-3H3,(H,24,25)(H,27,28)/t15-,18+/m1/s1. The molecule has 1 saturated carbocycles. The van der Waals surface area contributed by atoms with Gasteiger partial charge in [-0.15, -0.1) is 0 Å². The van der Waals surface area contributed by atoms with Crippen LogP contribution in [0, 0.1) is 11.3 Å². The quantitative estimate of drug-likeness (QED) is 0.597. The van der Waals surface area contributed by atoms with Gasteiger partial charge in [-0.25, -0.2) is 9.78 Å². The number of anilines is 2. The number of hydrogen-bond acceptors (Lipinski definition) is 3. The van der Waals surface area contributed by atoms with E-state index in [1.807, 2.05) is 12.1 Å². The third kappa shape index (κ3) is 3.61. The molecule has 1 aliphatic carbocycles. The summed E-state index contributed by atoms with van der Waals surface area (Å²) in [7, 11) is 0. The van der Waals surface area contributed by atoms with Crippen LogP contribution in [0.1, 0.15) is 56.4 Å². The Morgan fingerprint density at radius 2 is 1.86 bits per heavy atom. The molecule has 0 radical (unpaired) electrons. The maximum Gasteiger partial charge on any atom is 0.335 e. The lowest BCUT2D eigenvalue weighted by Gasteiger charge is -2.40. The summed E-state index contributed by atoms with van der Waals surface area (Å²) in [5, 5.41) is 12.5. The number of para-hydroxylation sites is 2. The van der Waals surface area contributed by atoms with Crippen molar-refractivity contribution in [2.45, 2.75) is 46.1 Å². The summed E-state index contributed by atoms with van der Waals surface area (Å²) < 4.78 is 2.35. The smallest absolute Gasteiger partial charge is 0.335 e. The molecular formula is C23H27N3O2. The van der Waals surface area contributed by atoms with Gasteiger partial charge in [0.15, 0.2) is 0 Å². The van der Waals surface area contributed by atoms with Crippen molar-refractivity contribution in [1.82, 2.24) is 9.55 Å². The number of hydrogen-bond donors (Lipinski definition) is 2. The number of aromatic carboxylic acids is 1. The molecule has 1 aliphatic rings. The zero-order chi connectivity index (χ0) is 19.9. The molecule has 5 nitrogen and oxygen atoms in total. The lowest BCUT2D eigenvalue weighted by atomic mass is 9.70. The summed E-state index contributed by atoms with van der Waals surface area (Å²) in [5.41, 5.74) is 3.53. The number of nitrogens with one attached hydrogen (secondary N) is 1. The number of carboxylic acids is 1. The summed E-state index contributed by atoms with van der Waals surface area (Å²) >= 11 is 0. The molecule has 0 bridgehead atoms. The molecule has 3 aromatic rings. The Morgan fingerprint density at radius 1 is 1.14 bits per heavy atom. The first kappa shape index (κ1) is 18.5. The highest BCUT2D eigenvalue weighted by molar-refractivity contribution is 5.88. The van der Waals surface area contributed by atoms with Crippen LogP contribution in [0.2, 0.25) is 0 Å². The number of benzene rings is 2. The molecule has 2 N–H and O–H groups in total. The molecule has 0 aliphatic heterocycles. The first-order chi connectivity index (χ1) is 13.3. The number of fused-ring (bicyclic) bond motifs is 1. The number of rotatable bonds is 4. The molecule has 28 heavy (non-hydrogen) atoms. The van der Waals surface area contributed by atoms with Crippen LogP contribution in [-0.4, -0.2) is 20.6 Å². The van der Waals surface area contributed by atoms with Crippen LogP contribution in [0.15, 0.2) is 48.5 Å². The fraction of sp³-hybridized carbons (Fsp3) is 0.391. The molecule has 146 valence electrons. The van der Waals surface area contributed by atoms with Crippen LogP contribution in [0.25, 0.3) is 11.0 Å². The molecular weight excluding hydrogens is 350 g/mol. The number of nitrogens with zero attached hydrogens (tertiary/aromatic N) is 2. The maximum absolute atomic E-state index is 11.1. The summed E-state index contributed by atoms with van der Waals surface area (Å²) in [6, 6.07) is 15.4. The van der Waals surface area contributed by atoms with Gasteiger partial charge in [0.1, 0.15) is 0 Å². The minimum Gasteiger partial charge on any atom is -0.478 e. The lowest BCUT2D eigenvalue weighted by Crippen LogP contribution is -2.29. The van der Waals surface area contributed by atoms with Crippen molar-refractivity contribution in [3.05, 3.63) is 54.1 Å². The van der Waals surface area contributed by atoms with E-state index >= 15 is 0 Å². The van der Waals surface area contributed by atoms with Gasteiger partial charge >= 0.3 is 5.97 Å². The average Bonchev–Trinajstić information content (AvgIpc) is 2.98. The molecule has 0 saturated heterocycles. The van der Waals surface area contributed by atoms with E-state index < -0.39 is 5.97 Å². The van der Waals surface area contributed by atoms with Crippen molar-refractivity contribution in [3.8, 4) is 0 Å². The van der Waals surface area contributed by atoms with Crippen molar-refractivity contribution in [1.29, 1.82) is 0 Å².